The number of benzene rings is 1. The molecule has 0 aliphatic rings. The molecule has 3 N–H and O–H groups in total. The number of aliphatic hydroxyl groups is 1. The first-order valence-electron chi connectivity index (χ1n) is 4.84. The number of rotatable bonds is 4. The Bertz CT molecular complexity index is 337. The van der Waals surface area contributed by atoms with Crippen LogP contribution in [0, 0.1) is 5.82 Å². The van der Waals surface area contributed by atoms with Crippen LogP contribution in [0.3, 0.4) is 0 Å². The molecule has 1 aromatic carbocycles. The second kappa shape index (κ2) is 4.59. The van der Waals surface area contributed by atoms with Gasteiger partial charge in [-0.2, -0.15) is 0 Å². The van der Waals surface area contributed by atoms with Gasteiger partial charge in [0.25, 0.3) is 0 Å². The maximum Gasteiger partial charge on any atom is 0.165 e. The highest BCUT2D eigenvalue weighted by molar-refractivity contribution is 5.32. The maximum absolute atomic E-state index is 13.4. The maximum atomic E-state index is 13.4. The molecule has 4 heteroatoms. The molecule has 0 amide bonds. The van der Waals surface area contributed by atoms with Crippen molar-refractivity contribution in [1.82, 2.24) is 0 Å². The van der Waals surface area contributed by atoms with E-state index in [1.54, 1.807) is 13.0 Å². The van der Waals surface area contributed by atoms with Gasteiger partial charge in [-0.3, -0.25) is 0 Å². The Hall–Kier alpha value is -1.13. The molecule has 1 aromatic rings. The van der Waals surface area contributed by atoms with Gasteiger partial charge in [-0.1, -0.05) is 13.0 Å². The minimum atomic E-state index is -1.16. The quantitative estimate of drug-likeness (QED) is 0.794. The van der Waals surface area contributed by atoms with Gasteiger partial charge in [-0.05, 0) is 24.1 Å². The molecule has 3 nitrogen and oxygen atoms in total. The summed E-state index contributed by atoms with van der Waals surface area (Å²) in [5.74, 6) is -0.329. The lowest BCUT2D eigenvalue weighted by Gasteiger charge is -2.25. The summed E-state index contributed by atoms with van der Waals surface area (Å²) in [6.07, 6.45) is 0.440. The molecule has 0 fully saturated rings. The lowest BCUT2D eigenvalue weighted by Crippen LogP contribution is -2.34. The van der Waals surface area contributed by atoms with E-state index in [-0.39, 0.29) is 12.3 Å². The molecule has 0 saturated carbocycles. The van der Waals surface area contributed by atoms with Crippen molar-refractivity contribution in [1.29, 1.82) is 0 Å². The molecular formula is C11H16FNO2. The Morgan fingerprint density at radius 2 is 2.20 bits per heavy atom. The second-order valence-electron chi connectivity index (χ2n) is 3.44. The number of hydrogen-bond donors (Lipinski definition) is 2. The fourth-order valence-corrected chi connectivity index (χ4v) is 1.42. The molecule has 0 aliphatic carbocycles. The zero-order chi connectivity index (χ0) is 11.5. The van der Waals surface area contributed by atoms with Crippen LogP contribution < -0.4 is 10.5 Å². The molecule has 0 saturated heterocycles. The van der Waals surface area contributed by atoms with Crippen molar-refractivity contribution in [3.05, 3.63) is 29.6 Å². The van der Waals surface area contributed by atoms with Gasteiger partial charge < -0.3 is 15.6 Å². The summed E-state index contributed by atoms with van der Waals surface area (Å²) in [6.45, 7) is 1.87. The van der Waals surface area contributed by atoms with E-state index in [9.17, 15) is 9.50 Å². The average molecular weight is 213 g/mol. The fourth-order valence-electron chi connectivity index (χ4n) is 1.42. The van der Waals surface area contributed by atoms with Crippen LogP contribution in [0.4, 0.5) is 4.39 Å². The van der Waals surface area contributed by atoms with E-state index < -0.39 is 11.4 Å². The third-order valence-corrected chi connectivity index (χ3v) is 2.61. The first-order chi connectivity index (χ1) is 7.07. The van der Waals surface area contributed by atoms with Crippen molar-refractivity contribution < 1.29 is 14.2 Å². The van der Waals surface area contributed by atoms with Gasteiger partial charge in [0.15, 0.2) is 11.6 Å². The summed E-state index contributed by atoms with van der Waals surface area (Å²) < 4.78 is 18.2. The highest BCUT2D eigenvalue weighted by Crippen LogP contribution is 2.27. The summed E-state index contributed by atoms with van der Waals surface area (Å²) in [4.78, 5) is 0. The van der Waals surface area contributed by atoms with Crippen molar-refractivity contribution in [3.8, 4) is 5.75 Å². The molecule has 0 heterocycles. The van der Waals surface area contributed by atoms with Gasteiger partial charge in [0.1, 0.15) is 5.60 Å². The van der Waals surface area contributed by atoms with E-state index in [4.69, 9.17) is 10.5 Å². The number of halogens is 1. The molecule has 0 aliphatic heterocycles. The predicted octanol–water partition coefficient (Wildman–Crippen LogP) is 1.39. The largest absolute Gasteiger partial charge is 0.494 e. The highest BCUT2D eigenvalue weighted by atomic mass is 19.1. The van der Waals surface area contributed by atoms with Crippen molar-refractivity contribution in [2.45, 2.75) is 18.9 Å². The lowest BCUT2D eigenvalue weighted by atomic mass is 9.91. The summed E-state index contributed by atoms with van der Waals surface area (Å²) >= 11 is 0. The third-order valence-electron chi connectivity index (χ3n) is 2.61. The summed E-state index contributed by atoms with van der Waals surface area (Å²) in [6, 6.07) is 4.37. The third kappa shape index (κ3) is 2.27. The Labute approximate surface area is 88.7 Å². The number of nitrogens with two attached hydrogens (primary N) is 1. The topological polar surface area (TPSA) is 55.5 Å². The lowest BCUT2D eigenvalue weighted by molar-refractivity contribution is 0.0415. The van der Waals surface area contributed by atoms with E-state index in [1.807, 2.05) is 0 Å². The van der Waals surface area contributed by atoms with E-state index in [1.165, 1.54) is 19.2 Å². The zero-order valence-corrected chi connectivity index (χ0v) is 8.96. The first-order valence-corrected chi connectivity index (χ1v) is 4.84. The average Bonchev–Trinajstić information content (AvgIpc) is 2.28. The van der Waals surface area contributed by atoms with Gasteiger partial charge >= 0.3 is 0 Å². The molecule has 1 unspecified atom stereocenters. The van der Waals surface area contributed by atoms with Gasteiger partial charge in [0.2, 0.25) is 0 Å². The van der Waals surface area contributed by atoms with E-state index in [0.717, 1.165) is 0 Å². The Morgan fingerprint density at radius 1 is 1.53 bits per heavy atom. The minimum absolute atomic E-state index is 0.0648. The molecule has 84 valence electrons. The van der Waals surface area contributed by atoms with Gasteiger partial charge in [-0.15, -0.1) is 0 Å². The molecule has 1 rings (SSSR count). The molecule has 15 heavy (non-hydrogen) atoms. The molecule has 0 bridgehead atoms. The number of ether oxygens (including phenoxy) is 1. The van der Waals surface area contributed by atoms with E-state index >= 15 is 0 Å². The SMILES string of the molecule is CCC(O)(CN)c1ccc(OC)c(F)c1. The van der Waals surface area contributed by atoms with Crippen molar-refractivity contribution >= 4 is 0 Å². The Morgan fingerprint density at radius 3 is 2.60 bits per heavy atom. The fraction of sp³-hybridized carbons (Fsp3) is 0.455. The van der Waals surface area contributed by atoms with Gasteiger partial charge in [0, 0.05) is 6.54 Å². The summed E-state index contributed by atoms with van der Waals surface area (Å²) in [5.41, 5.74) is 4.78. The molecular weight excluding hydrogens is 197 g/mol. The standard InChI is InChI=1S/C11H16FNO2/c1-3-11(14,7-13)8-4-5-10(15-2)9(12)6-8/h4-6,14H,3,7,13H2,1-2H3. The van der Waals surface area contributed by atoms with Crippen LogP contribution in [0.1, 0.15) is 18.9 Å². The predicted molar refractivity (Wildman–Crippen MR) is 56.2 cm³/mol. The van der Waals surface area contributed by atoms with Crippen LogP contribution in [0.5, 0.6) is 5.75 Å². The van der Waals surface area contributed by atoms with E-state index in [0.29, 0.717) is 12.0 Å². The summed E-state index contributed by atoms with van der Waals surface area (Å²) in [5, 5.41) is 10.1. The van der Waals surface area contributed by atoms with E-state index in [2.05, 4.69) is 0 Å². The molecule has 0 aromatic heterocycles. The van der Waals surface area contributed by atoms with Crippen molar-refractivity contribution in [2.24, 2.45) is 5.73 Å². The normalized spacial score (nSPS) is 14.7. The van der Waals surface area contributed by atoms with Crippen LogP contribution in [-0.4, -0.2) is 18.8 Å². The van der Waals surface area contributed by atoms with Gasteiger partial charge in [-0.25, -0.2) is 4.39 Å². The van der Waals surface area contributed by atoms with Crippen LogP contribution in [0.2, 0.25) is 0 Å². The van der Waals surface area contributed by atoms with Crippen molar-refractivity contribution in [2.75, 3.05) is 13.7 Å². The zero-order valence-electron chi connectivity index (χ0n) is 8.96. The molecule has 1 atom stereocenters. The Kier molecular flexibility index (Phi) is 3.66. The second-order valence-corrected chi connectivity index (χ2v) is 3.44. The van der Waals surface area contributed by atoms with Crippen LogP contribution in [0.15, 0.2) is 18.2 Å². The monoisotopic (exact) mass is 213 g/mol. The van der Waals surface area contributed by atoms with Crippen LogP contribution >= 0.6 is 0 Å². The number of methoxy groups -OCH3 is 1. The Balaban J connectivity index is 3.11. The summed E-state index contributed by atoms with van der Waals surface area (Å²) in [7, 11) is 1.40. The number of hydrogen-bond acceptors (Lipinski definition) is 3. The molecule has 0 spiro atoms. The molecule has 0 radical (unpaired) electrons. The van der Waals surface area contributed by atoms with Crippen LogP contribution in [0.25, 0.3) is 0 Å². The van der Waals surface area contributed by atoms with Crippen LogP contribution in [-0.2, 0) is 5.60 Å². The van der Waals surface area contributed by atoms with Crippen molar-refractivity contribution in [3.63, 3.8) is 0 Å². The highest BCUT2D eigenvalue weighted by Gasteiger charge is 2.26. The smallest absolute Gasteiger partial charge is 0.165 e. The first kappa shape index (κ1) is 11.9. The minimum Gasteiger partial charge on any atom is -0.494 e. The van der Waals surface area contributed by atoms with Gasteiger partial charge in [0.05, 0.1) is 7.11 Å².